The Morgan fingerprint density at radius 2 is 2.31 bits per heavy atom. The highest BCUT2D eigenvalue weighted by molar-refractivity contribution is 7.98. The zero-order chi connectivity index (χ0) is 11.1. The molecular formula is C10H21ClN2O2S. The molecule has 1 heterocycles. The first-order chi connectivity index (χ1) is 7.22. The van der Waals surface area contributed by atoms with Crippen LogP contribution in [0.3, 0.4) is 0 Å². The van der Waals surface area contributed by atoms with Gasteiger partial charge in [0.25, 0.3) is 0 Å². The van der Waals surface area contributed by atoms with Crippen LogP contribution in [-0.2, 0) is 9.53 Å². The summed E-state index contributed by atoms with van der Waals surface area (Å²) >= 11 is 1.74. The minimum atomic E-state index is 0. The van der Waals surface area contributed by atoms with Crippen LogP contribution < -0.4 is 10.6 Å². The predicted molar refractivity (Wildman–Crippen MR) is 70.5 cm³/mol. The Morgan fingerprint density at radius 1 is 1.62 bits per heavy atom. The number of thioether (sulfide) groups is 1. The summed E-state index contributed by atoms with van der Waals surface area (Å²) in [4.78, 5) is 11.4. The van der Waals surface area contributed by atoms with E-state index >= 15 is 0 Å². The fourth-order valence-corrected chi connectivity index (χ4v) is 1.92. The highest BCUT2D eigenvalue weighted by atomic mass is 35.5. The van der Waals surface area contributed by atoms with Crippen molar-refractivity contribution in [3.63, 3.8) is 0 Å². The van der Waals surface area contributed by atoms with Gasteiger partial charge in [-0.1, -0.05) is 0 Å². The number of carbonyl (C=O) groups excluding carboxylic acids is 1. The topological polar surface area (TPSA) is 50.4 Å². The molecule has 1 atom stereocenters. The predicted octanol–water partition coefficient (Wildman–Crippen LogP) is 0.654. The fraction of sp³-hybridized carbons (Fsp3) is 0.900. The summed E-state index contributed by atoms with van der Waals surface area (Å²) in [6.45, 7) is 4.39. The van der Waals surface area contributed by atoms with Crippen molar-refractivity contribution < 1.29 is 9.53 Å². The van der Waals surface area contributed by atoms with Crippen LogP contribution in [0.5, 0.6) is 0 Å². The van der Waals surface area contributed by atoms with E-state index in [9.17, 15) is 4.79 Å². The number of halogens is 1. The maximum atomic E-state index is 11.4. The largest absolute Gasteiger partial charge is 0.375 e. The van der Waals surface area contributed by atoms with E-state index in [1.54, 1.807) is 11.8 Å². The number of hydrogen-bond acceptors (Lipinski definition) is 4. The molecule has 0 aromatic carbocycles. The number of hydrogen-bond donors (Lipinski definition) is 2. The minimum absolute atomic E-state index is 0. The molecule has 0 spiro atoms. The highest BCUT2D eigenvalue weighted by Gasteiger charge is 2.17. The molecule has 4 nitrogen and oxygen atoms in total. The zero-order valence-electron chi connectivity index (χ0n) is 9.82. The summed E-state index contributed by atoms with van der Waals surface area (Å²) < 4.78 is 5.46. The monoisotopic (exact) mass is 268 g/mol. The van der Waals surface area contributed by atoms with Crippen LogP contribution in [0, 0.1) is 0 Å². The number of nitrogens with one attached hydrogen (secondary N) is 2. The van der Waals surface area contributed by atoms with Crippen molar-refractivity contribution in [2.24, 2.45) is 0 Å². The van der Waals surface area contributed by atoms with Gasteiger partial charge in [-0.2, -0.15) is 11.8 Å². The lowest BCUT2D eigenvalue weighted by molar-refractivity contribution is -0.123. The van der Waals surface area contributed by atoms with Crippen molar-refractivity contribution >= 4 is 30.1 Å². The van der Waals surface area contributed by atoms with Crippen molar-refractivity contribution in [2.75, 3.05) is 31.7 Å². The van der Waals surface area contributed by atoms with Gasteiger partial charge in [0.1, 0.15) is 0 Å². The number of carbonyl (C=O) groups is 1. The molecule has 1 saturated heterocycles. The molecule has 0 saturated carbocycles. The molecule has 16 heavy (non-hydrogen) atoms. The Morgan fingerprint density at radius 3 is 2.81 bits per heavy atom. The van der Waals surface area contributed by atoms with Gasteiger partial charge in [0.05, 0.1) is 12.7 Å². The van der Waals surface area contributed by atoms with E-state index < -0.39 is 0 Å². The maximum absolute atomic E-state index is 11.4. The van der Waals surface area contributed by atoms with Crippen molar-refractivity contribution in [1.82, 2.24) is 10.6 Å². The molecule has 0 radical (unpaired) electrons. The summed E-state index contributed by atoms with van der Waals surface area (Å²) in [7, 11) is 0. The van der Waals surface area contributed by atoms with E-state index in [1.165, 1.54) is 0 Å². The molecule has 6 heteroatoms. The SMILES string of the molecule is CSCC(C)NC(=O)CCOC1CNC1.Cl. The fourth-order valence-electron chi connectivity index (χ4n) is 1.34. The Labute approximate surface area is 108 Å². The summed E-state index contributed by atoms with van der Waals surface area (Å²) in [5, 5.41) is 6.06. The average molecular weight is 269 g/mol. The Kier molecular flexibility index (Phi) is 9.12. The van der Waals surface area contributed by atoms with E-state index in [1.807, 2.05) is 13.2 Å². The lowest BCUT2D eigenvalue weighted by atomic mass is 10.2. The average Bonchev–Trinajstić information content (AvgIpc) is 2.09. The van der Waals surface area contributed by atoms with Gasteiger partial charge in [-0.05, 0) is 13.2 Å². The molecule has 96 valence electrons. The van der Waals surface area contributed by atoms with Crippen molar-refractivity contribution in [3.8, 4) is 0 Å². The molecule has 1 amide bonds. The molecule has 1 aliphatic rings. The quantitative estimate of drug-likeness (QED) is 0.712. The van der Waals surface area contributed by atoms with Gasteiger partial charge in [-0.3, -0.25) is 4.79 Å². The van der Waals surface area contributed by atoms with Gasteiger partial charge in [0.2, 0.25) is 5.91 Å². The molecule has 0 aromatic heterocycles. The van der Waals surface area contributed by atoms with Crippen molar-refractivity contribution in [1.29, 1.82) is 0 Å². The summed E-state index contributed by atoms with van der Waals surface area (Å²) in [6, 6.07) is 0.248. The Hall–Kier alpha value is 0.0300. The van der Waals surface area contributed by atoms with Gasteiger partial charge in [0, 0.05) is 31.3 Å². The van der Waals surface area contributed by atoms with E-state index in [2.05, 4.69) is 10.6 Å². The van der Waals surface area contributed by atoms with Crippen LogP contribution in [0.4, 0.5) is 0 Å². The highest BCUT2D eigenvalue weighted by Crippen LogP contribution is 2.00. The first kappa shape index (κ1) is 16.0. The number of ether oxygens (including phenoxy) is 1. The lowest BCUT2D eigenvalue weighted by Gasteiger charge is -2.27. The Bertz CT molecular complexity index is 203. The second-order valence-electron chi connectivity index (χ2n) is 3.82. The van der Waals surface area contributed by atoms with Crippen molar-refractivity contribution in [2.45, 2.75) is 25.5 Å². The Balaban J connectivity index is 0.00000225. The zero-order valence-corrected chi connectivity index (χ0v) is 11.5. The summed E-state index contributed by atoms with van der Waals surface area (Å²) in [5.41, 5.74) is 0. The number of amides is 1. The van der Waals surface area contributed by atoms with Crippen LogP contribution in [0.15, 0.2) is 0 Å². The molecule has 1 fully saturated rings. The smallest absolute Gasteiger partial charge is 0.222 e. The third-order valence-electron chi connectivity index (χ3n) is 2.25. The van der Waals surface area contributed by atoms with Gasteiger partial charge in [0.15, 0.2) is 0 Å². The van der Waals surface area contributed by atoms with Crippen molar-refractivity contribution in [3.05, 3.63) is 0 Å². The van der Waals surface area contributed by atoms with E-state index in [-0.39, 0.29) is 24.4 Å². The molecular weight excluding hydrogens is 248 g/mol. The van der Waals surface area contributed by atoms with E-state index in [0.29, 0.717) is 19.1 Å². The van der Waals surface area contributed by atoms with Gasteiger partial charge in [-0.25, -0.2) is 0 Å². The van der Waals surface area contributed by atoms with Crippen LogP contribution in [-0.4, -0.2) is 49.8 Å². The third kappa shape index (κ3) is 6.58. The van der Waals surface area contributed by atoms with Gasteiger partial charge >= 0.3 is 0 Å². The van der Waals surface area contributed by atoms with Crippen LogP contribution in [0.2, 0.25) is 0 Å². The van der Waals surface area contributed by atoms with E-state index in [4.69, 9.17) is 4.74 Å². The molecule has 1 unspecified atom stereocenters. The van der Waals surface area contributed by atoms with E-state index in [0.717, 1.165) is 18.8 Å². The normalized spacial score (nSPS) is 17.1. The molecule has 2 N–H and O–H groups in total. The molecule has 1 aliphatic heterocycles. The molecule has 0 aromatic rings. The molecule has 1 rings (SSSR count). The van der Waals surface area contributed by atoms with Crippen LogP contribution >= 0.6 is 24.2 Å². The molecule has 0 aliphatic carbocycles. The maximum Gasteiger partial charge on any atom is 0.222 e. The summed E-state index contributed by atoms with van der Waals surface area (Å²) in [5.74, 6) is 1.04. The number of rotatable bonds is 7. The summed E-state index contributed by atoms with van der Waals surface area (Å²) in [6.07, 6.45) is 2.83. The molecule has 0 bridgehead atoms. The van der Waals surface area contributed by atoms with Crippen LogP contribution in [0.25, 0.3) is 0 Å². The van der Waals surface area contributed by atoms with Gasteiger partial charge < -0.3 is 15.4 Å². The third-order valence-corrected chi connectivity index (χ3v) is 3.08. The van der Waals surface area contributed by atoms with Crippen LogP contribution in [0.1, 0.15) is 13.3 Å². The second kappa shape index (κ2) is 9.10. The minimum Gasteiger partial charge on any atom is -0.375 e. The first-order valence-electron chi connectivity index (χ1n) is 5.33. The first-order valence-corrected chi connectivity index (χ1v) is 6.72. The van der Waals surface area contributed by atoms with Gasteiger partial charge in [-0.15, -0.1) is 12.4 Å². The standard InChI is InChI=1S/C10H20N2O2S.ClH/c1-8(7-15-2)12-10(13)3-4-14-9-5-11-6-9;/h8-9,11H,3-7H2,1-2H3,(H,12,13);1H. The lowest BCUT2D eigenvalue weighted by Crippen LogP contribution is -2.48. The second-order valence-corrected chi connectivity index (χ2v) is 4.74.